The van der Waals surface area contributed by atoms with Crippen molar-refractivity contribution >= 4 is 17.1 Å². The van der Waals surface area contributed by atoms with Crippen molar-refractivity contribution in [3.05, 3.63) is 89.4 Å². The number of aliphatic hydroxyl groups is 1. The first-order valence-corrected chi connectivity index (χ1v) is 13.2. The van der Waals surface area contributed by atoms with Crippen LogP contribution in [0.3, 0.4) is 0 Å². The second kappa shape index (κ2) is 10.5. The van der Waals surface area contributed by atoms with Gasteiger partial charge in [-0.15, -0.1) is 0 Å². The molecule has 1 aromatic heterocycles. The molecule has 3 unspecified atom stereocenters. The topological polar surface area (TPSA) is 97.5 Å². The zero-order valence-electron chi connectivity index (χ0n) is 21.6. The van der Waals surface area contributed by atoms with E-state index >= 15 is 0 Å². The molecule has 0 saturated carbocycles. The Morgan fingerprint density at radius 2 is 1.77 bits per heavy atom. The fourth-order valence-corrected chi connectivity index (χ4v) is 4.91. The van der Waals surface area contributed by atoms with E-state index < -0.39 is 51.1 Å². The number of alkyl halides is 3. The molecule has 0 saturated heterocycles. The third-order valence-corrected chi connectivity index (χ3v) is 8.06. The van der Waals surface area contributed by atoms with Crippen molar-refractivity contribution in [2.24, 2.45) is 5.73 Å². The lowest BCUT2D eigenvalue weighted by Gasteiger charge is -2.32. The fourth-order valence-electron chi connectivity index (χ4n) is 4.03. The summed E-state index contributed by atoms with van der Waals surface area (Å²) in [6.45, 7) is 3.92. The molecule has 0 bridgehead atoms. The number of ether oxygens (including phenoxy) is 1. The Bertz CT molecular complexity index is 1390. The summed E-state index contributed by atoms with van der Waals surface area (Å²) >= 11 is 0. The van der Waals surface area contributed by atoms with Crippen LogP contribution >= 0.6 is 0 Å². The number of pyridine rings is 1. The first-order chi connectivity index (χ1) is 18.2. The average molecular weight is 564 g/mol. The number of rotatable bonds is 7. The Morgan fingerprint density at radius 1 is 1.13 bits per heavy atom. The molecule has 0 radical (unpaired) electrons. The lowest BCUT2D eigenvalue weighted by atomic mass is 9.87. The molecule has 4 rings (SSSR count). The largest absolute Gasteiger partial charge is 0.488 e. The van der Waals surface area contributed by atoms with E-state index in [4.69, 9.17) is 10.5 Å². The highest BCUT2D eigenvalue weighted by atomic mass is 32.2. The Labute approximate surface area is 226 Å². The van der Waals surface area contributed by atoms with Crippen LogP contribution < -0.4 is 15.2 Å². The second-order valence-electron chi connectivity index (χ2n) is 10.3. The summed E-state index contributed by atoms with van der Waals surface area (Å²) in [5.41, 5.74) is 0.998. The average Bonchev–Trinajstić information content (AvgIpc) is 3.24. The molecule has 0 spiro atoms. The Morgan fingerprint density at radius 3 is 2.33 bits per heavy atom. The van der Waals surface area contributed by atoms with Gasteiger partial charge in [0.2, 0.25) is 5.60 Å². The quantitative estimate of drug-likeness (QED) is 0.354. The molecule has 4 N–H and O–H groups in total. The monoisotopic (exact) mass is 563 g/mol. The molecule has 1 aliphatic heterocycles. The minimum Gasteiger partial charge on any atom is -0.488 e. The van der Waals surface area contributed by atoms with Crippen molar-refractivity contribution < 1.29 is 31.6 Å². The van der Waals surface area contributed by atoms with Crippen molar-refractivity contribution in [1.82, 2.24) is 9.71 Å². The zero-order valence-corrected chi connectivity index (χ0v) is 22.4. The Balaban J connectivity index is 2.01. The molecule has 39 heavy (non-hydrogen) atoms. The van der Waals surface area contributed by atoms with Crippen LogP contribution in [0, 0.1) is 5.82 Å². The molecular formula is C28H29F4N3O3S. The van der Waals surface area contributed by atoms with Gasteiger partial charge in [0.25, 0.3) is 0 Å². The number of hydrogen-bond acceptors (Lipinski definition) is 5. The summed E-state index contributed by atoms with van der Waals surface area (Å²) in [5, 5.41) is 10.8. The second-order valence-corrected chi connectivity index (χ2v) is 12.3. The lowest BCUT2D eigenvalue weighted by Crippen LogP contribution is -2.50. The van der Waals surface area contributed by atoms with Crippen LogP contribution in [0.1, 0.15) is 37.6 Å². The van der Waals surface area contributed by atoms with Crippen molar-refractivity contribution in [1.29, 1.82) is 0 Å². The normalized spacial score (nSPS) is 19.9. The van der Waals surface area contributed by atoms with Crippen molar-refractivity contribution in [2.45, 2.75) is 42.8 Å². The third kappa shape index (κ3) is 5.62. The van der Waals surface area contributed by atoms with Crippen LogP contribution in [-0.4, -0.2) is 38.4 Å². The number of hydrogen-bond donors (Lipinski definition) is 3. The number of nitrogens with one attached hydrogen (secondary N) is 1. The van der Waals surface area contributed by atoms with E-state index in [1.54, 1.807) is 32.9 Å². The molecule has 2 heterocycles. The number of nitrogens with zero attached hydrogens (tertiary/aromatic N) is 1. The van der Waals surface area contributed by atoms with Crippen LogP contribution in [0.15, 0.2) is 66.7 Å². The van der Waals surface area contributed by atoms with Gasteiger partial charge < -0.3 is 15.6 Å². The minimum atomic E-state index is -5.16. The summed E-state index contributed by atoms with van der Waals surface area (Å²) in [6.07, 6.45) is -1.75. The first kappa shape index (κ1) is 28.9. The van der Waals surface area contributed by atoms with E-state index in [9.17, 15) is 26.9 Å². The number of nitrogens with two attached hydrogens (primary N) is 1. The lowest BCUT2D eigenvalue weighted by molar-refractivity contribution is -0.263. The van der Waals surface area contributed by atoms with Gasteiger partial charge in [-0.25, -0.2) is 18.3 Å². The summed E-state index contributed by atoms with van der Waals surface area (Å²) < 4.78 is 77.8. The minimum absolute atomic E-state index is 0.0445. The molecule has 208 valence electrons. The molecule has 3 atom stereocenters. The molecule has 6 nitrogen and oxygen atoms in total. The van der Waals surface area contributed by atoms with Gasteiger partial charge in [0.1, 0.15) is 23.7 Å². The van der Waals surface area contributed by atoms with Crippen molar-refractivity contribution in [3.63, 3.8) is 0 Å². The molecule has 2 aromatic carbocycles. The van der Waals surface area contributed by atoms with Gasteiger partial charge in [-0.2, -0.15) is 13.2 Å². The number of fused-ring (bicyclic) bond motifs is 1. The molecular weight excluding hydrogens is 534 g/mol. The van der Waals surface area contributed by atoms with E-state index in [0.29, 0.717) is 0 Å². The smallest absolute Gasteiger partial charge is 0.424 e. The van der Waals surface area contributed by atoms with E-state index in [-0.39, 0.29) is 29.2 Å². The van der Waals surface area contributed by atoms with Gasteiger partial charge in [0.05, 0.1) is 21.4 Å². The van der Waals surface area contributed by atoms with Crippen LogP contribution in [-0.2, 0) is 22.1 Å². The summed E-state index contributed by atoms with van der Waals surface area (Å²) in [4.78, 5) is 4.14. The Kier molecular flexibility index (Phi) is 7.74. The van der Waals surface area contributed by atoms with Crippen LogP contribution in [0.5, 0.6) is 5.75 Å². The van der Waals surface area contributed by atoms with Gasteiger partial charge in [0, 0.05) is 17.7 Å². The van der Waals surface area contributed by atoms with Crippen molar-refractivity contribution in [2.75, 3.05) is 13.2 Å². The summed E-state index contributed by atoms with van der Waals surface area (Å²) in [7, 11) is -1.69. The highest BCUT2D eigenvalue weighted by Crippen LogP contribution is 2.48. The van der Waals surface area contributed by atoms with Gasteiger partial charge in [0.15, 0.2) is 5.75 Å². The first-order valence-electron chi connectivity index (χ1n) is 12.1. The summed E-state index contributed by atoms with van der Waals surface area (Å²) in [6, 6.07) is 15.2. The predicted octanol–water partition coefficient (Wildman–Crippen LogP) is 4.95. The molecule has 3 aromatic rings. The molecule has 1 aliphatic rings. The molecule has 0 fully saturated rings. The van der Waals surface area contributed by atoms with E-state index in [1.807, 2.05) is 30.3 Å². The third-order valence-electron chi connectivity index (χ3n) is 6.39. The molecule has 11 heteroatoms. The number of aromatic nitrogens is 1. The van der Waals surface area contributed by atoms with Crippen LogP contribution in [0.25, 0.3) is 17.3 Å². The van der Waals surface area contributed by atoms with E-state index in [2.05, 4.69) is 9.71 Å². The maximum Gasteiger partial charge on any atom is 0.424 e. The maximum absolute atomic E-state index is 14.1. The Hall–Kier alpha value is -3.12. The van der Waals surface area contributed by atoms with Gasteiger partial charge in [-0.05, 0) is 56.7 Å². The zero-order chi connectivity index (χ0) is 28.6. The fraction of sp³-hybridized carbons (Fsp3) is 0.321. The summed E-state index contributed by atoms with van der Waals surface area (Å²) in [5.74, 6) is -0.438. The van der Waals surface area contributed by atoms with E-state index in [0.717, 1.165) is 23.8 Å². The highest BCUT2D eigenvalue weighted by Gasteiger charge is 2.56. The van der Waals surface area contributed by atoms with Gasteiger partial charge >= 0.3 is 6.18 Å². The standard InChI is InChI=1S/C28H29F4N3O3S/c1-25(2,3)39(37)35-26(14-13-18-7-5-4-6-8-18)17-38-24-21(26)15-22(27(36,16-33)28(30,31)32)34-23(24)19-9-11-20(29)12-10-19/h4-15,35-36H,16-17,33H2,1-3H3. The number of halogens is 4. The van der Waals surface area contributed by atoms with Crippen molar-refractivity contribution in [3.8, 4) is 17.0 Å². The molecule has 0 amide bonds. The maximum atomic E-state index is 14.1. The van der Waals surface area contributed by atoms with Crippen LogP contribution in [0.4, 0.5) is 17.6 Å². The SMILES string of the molecule is CC(C)(C)S(=O)NC1(C=Cc2ccccc2)COc2c1cc(C(O)(CN)C(F)(F)F)nc2-c1ccc(F)cc1. The molecule has 0 aliphatic carbocycles. The predicted molar refractivity (Wildman–Crippen MR) is 142 cm³/mol. The van der Waals surface area contributed by atoms with Crippen LogP contribution in [0.2, 0.25) is 0 Å². The van der Waals surface area contributed by atoms with Gasteiger partial charge in [-0.3, -0.25) is 0 Å². The van der Waals surface area contributed by atoms with Gasteiger partial charge in [-0.1, -0.05) is 42.5 Å². The highest BCUT2D eigenvalue weighted by molar-refractivity contribution is 7.84. The number of benzene rings is 2. The van der Waals surface area contributed by atoms with E-state index in [1.165, 1.54) is 12.1 Å².